The Morgan fingerprint density at radius 2 is 1.81 bits per heavy atom. The Labute approximate surface area is 215 Å². The Kier molecular flexibility index (Phi) is 9.73. The van der Waals surface area contributed by atoms with Gasteiger partial charge in [0.05, 0.1) is 13.7 Å². The molecule has 192 valence electrons. The number of methoxy groups -OCH3 is 2. The number of rotatable bonds is 12. The molecule has 3 aromatic rings. The van der Waals surface area contributed by atoms with E-state index in [1.54, 1.807) is 26.4 Å². The second kappa shape index (κ2) is 13.4. The largest absolute Gasteiger partial charge is 0.508 e. The fourth-order valence-corrected chi connectivity index (χ4v) is 5.30. The van der Waals surface area contributed by atoms with Crippen LogP contribution in [0, 0.1) is 5.92 Å². The molecule has 1 aliphatic rings. The van der Waals surface area contributed by atoms with Crippen LogP contribution in [-0.4, -0.2) is 66.4 Å². The lowest BCUT2D eigenvalue weighted by atomic mass is 9.84. The summed E-state index contributed by atoms with van der Waals surface area (Å²) in [5, 5.41) is 10.4. The first-order chi connectivity index (χ1) is 17.7. The molecule has 0 aliphatic carbocycles. The summed E-state index contributed by atoms with van der Waals surface area (Å²) in [7, 11) is 3.44. The molecule has 1 atom stereocenters. The van der Waals surface area contributed by atoms with Crippen molar-refractivity contribution in [3.63, 3.8) is 0 Å². The second-order valence-corrected chi connectivity index (χ2v) is 9.69. The molecule has 0 spiro atoms. The van der Waals surface area contributed by atoms with Gasteiger partial charge in [-0.2, -0.15) is 0 Å². The summed E-state index contributed by atoms with van der Waals surface area (Å²) in [5.41, 5.74) is 3.53. The maximum absolute atomic E-state index is 10.4. The predicted molar refractivity (Wildman–Crippen MR) is 143 cm³/mol. The highest BCUT2D eigenvalue weighted by molar-refractivity contribution is 5.39. The van der Waals surface area contributed by atoms with Gasteiger partial charge in [-0.05, 0) is 73.7 Å². The zero-order valence-electron chi connectivity index (χ0n) is 21.6. The van der Waals surface area contributed by atoms with E-state index in [0.29, 0.717) is 24.3 Å². The van der Waals surface area contributed by atoms with Crippen LogP contribution in [0.25, 0.3) is 0 Å². The number of aromatic nitrogens is 1. The fourth-order valence-electron chi connectivity index (χ4n) is 5.30. The van der Waals surface area contributed by atoms with Gasteiger partial charge >= 0.3 is 0 Å². The lowest BCUT2D eigenvalue weighted by Gasteiger charge is -2.41. The van der Waals surface area contributed by atoms with E-state index in [0.717, 1.165) is 63.3 Å². The van der Waals surface area contributed by atoms with Gasteiger partial charge in [0.15, 0.2) is 0 Å². The van der Waals surface area contributed by atoms with Crippen molar-refractivity contribution in [2.45, 2.75) is 38.4 Å². The standard InChI is InChI=1S/C30H39N3O3/c1-35-18-17-33(22-25-9-6-14-31-21-25)29(19-24-7-4-3-5-8-24)26-12-15-32(16-13-26)23-27-20-28(36-2)10-11-30(27)34/h3-11,14,20-21,26,29,34H,12-13,15-19,22-23H2,1-2H3/t29-/m0/s1. The Morgan fingerprint density at radius 1 is 1.03 bits per heavy atom. The number of hydrogen-bond donors (Lipinski definition) is 1. The van der Waals surface area contributed by atoms with Crippen LogP contribution >= 0.6 is 0 Å². The van der Waals surface area contributed by atoms with E-state index in [2.05, 4.69) is 51.2 Å². The number of ether oxygens (including phenoxy) is 2. The molecule has 0 saturated carbocycles. The highest BCUT2D eigenvalue weighted by Crippen LogP contribution is 2.30. The number of likely N-dealkylation sites (tertiary alicyclic amines) is 1. The summed E-state index contributed by atoms with van der Waals surface area (Å²) >= 11 is 0. The van der Waals surface area contributed by atoms with E-state index in [1.165, 1.54) is 11.1 Å². The van der Waals surface area contributed by atoms with E-state index < -0.39 is 0 Å². The van der Waals surface area contributed by atoms with Crippen molar-refractivity contribution < 1.29 is 14.6 Å². The molecule has 4 rings (SSSR count). The summed E-state index contributed by atoms with van der Waals surface area (Å²) in [5.74, 6) is 1.70. The molecule has 0 unspecified atom stereocenters. The van der Waals surface area contributed by atoms with Crippen molar-refractivity contribution >= 4 is 0 Å². The van der Waals surface area contributed by atoms with Gasteiger partial charge in [0.25, 0.3) is 0 Å². The molecule has 1 saturated heterocycles. The minimum absolute atomic E-state index is 0.335. The van der Waals surface area contributed by atoms with Crippen LogP contribution in [0.4, 0.5) is 0 Å². The van der Waals surface area contributed by atoms with Crippen molar-refractivity contribution in [2.75, 3.05) is 40.5 Å². The smallest absolute Gasteiger partial charge is 0.120 e. The lowest BCUT2D eigenvalue weighted by molar-refractivity contribution is 0.0569. The van der Waals surface area contributed by atoms with Crippen LogP contribution in [0.3, 0.4) is 0 Å². The molecular formula is C30H39N3O3. The number of phenols is 1. The number of hydrogen-bond acceptors (Lipinski definition) is 6. The monoisotopic (exact) mass is 489 g/mol. The fraction of sp³-hybridized carbons (Fsp3) is 0.433. The Hall–Kier alpha value is -2.93. The highest BCUT2D eigenvalue weighted by atomic mass is 16.5. The summed E-state index contributed by atoms with van der Waals surface area (Å²) in [6.07, 6.45) is 7.08. The molecular weight excluding hydrogens is 450 g/mol. The molecule has 0 amide bonds. The molecule has 36 heavy (non-hydrogen) atoms. The van der Waals surface area contributed by atoms with Crippen molar-refractivity contribution in [3.8, 4) is 11.5 Å². The van der Waals surface area contributed by atoms with E-state index in [9.17, 15) is 5.11 Å². The van der Waals surface area contributed by atoms with Crippen LogP contribution < -0.4 is 4.74 Å². The number of aromatic hydroxyl groups is 1. The van der Waals surface area contributed by atoms with Crippen molar-refractivity contribution in [3.05, 3.63) is 89.7 Å². The lowest BCUT2D eigenvalue weighted by Crippen LogP contribution is -2.47. The first-order valence-corrected chi connectivity index (χ1v) is 12.9. The SMILES string of the molecule is COCCN(Cc1cccnc1)[C@@H](Cc1ccccc1)C1CCN(Cc2cc(OC)ccc2O)CC1. The third-order valence-corrected chi connectivity index (χ3v) is 7.30. The topological polar surface area (TPSA) is 58.1 Å². The van der Waals surface area contributed by atoms with Crippen LogP contribution in [0.15, 0.2) is 73.1 Å². The summed E-state index contributed by atoms with van der Waals surface area (Å²) in [6, 6.07) is 20.9. The number of nitrogens with zero attached hydrogens (tertiary/aromatic N) is 3. The van der Waals surface area contributed by atoms with Gasteiger partial charge < -0.3 is 14.6 Å². The van der Waals surface area contributed by atoms with Gasteiger partial charge in [0, 0.05) is 50.7 Å². The number of phenolic OH excluding ortho intramolecular Hbond substituents is 1. The summed E-state index contributed by atoms with van der Waals surface area (Å²) in [4.78, 5) is 9.40. The van der Waals surface area contributed by atoms with Crippen LogP contribution in [0.2, 0.25) is 0 Å². The van der Waals surface area contributed by atoms with Gasteiger partial charge in [0.2, 0.25) is 0 Å². The minimum atomic E-state index is 0.335. The van der Waals surface area contributed by atoms with Gasteiger partial charge in [-0.1, -0.05) is 36.4 Å². The Balaban J connectivity index is 1.48. The molecule has 0 radical (unpaired) electrons. The van der Waals surface area contributed by atoms with Gasteiger partial charge in [-0.15, -0.1) is 0 Å². The highest BCUT2D eigenvalue weighted by Gasteiger charge is 2.31. The third kappa shape index (κ3) is 7.29. The Bertz CT molecular complexity index is 1040. The normalized spacial score (nSPS) is 15.8. The van der Waals surface area contributed by atoms with E-state index in [4.69, 9.17) is 9.47 Å². The average Bonchev–Trinajstić information content (AvgIpc) is 2.93. The van der Waals surface area contributed by atoms with Crippen LogP contribution in [0.5, 0.6) is 11.5 Å². The van der Waals surface area contributed by atoms with Crippen molar-refractivity contribution in [1.29, 1.82) is 0 Å². The zero-order chi connectivity index (χ0) is 25.2. The van der Waals surface area contributed by atoms with Crippen molar-refractivity contribution in [2.24, 2.45) is 5.92 Å². The molecule has 1 aromatic heterocycles. The maximum atomic E-state index is 10.4. The second-order valence-electron chi connectivity index (χ2n) is 9.69. The quantitative estimate of drug-likeness (QED) is 0.396. The molecule has 1 aliphatic heterocycles. The zero-order valence-corrected chi connectivity index (χ0v) is 21.6. The Morgan fingerprint density at radius 3 is 2.50 bits per heavy atom. The first-order valence-electron chi connectivity index (χ1n) is 12.9. The maximum Gasteiger partial charge on any atom is 0.120 e. The molecule has 0 bridgehead atoms. The average molecular weight is 490 g/mol. The minimum Gasteiger partial charge on any atom is -0.508 e. The molecule has 2 heterocycles. The molecule has 6 nitrogen and oxygen atoms in total. The van der Waals surface area contributed by atoms with Gasteiger partial charge in [-0.3, -0.25) is 14.8 Å². The van der Waals surface area contributed by atoms with Crippen LogP contribution in [-0.2, 0) is 24.2 Å². The molecule has 1 fully saturated rings. The number of piperidine rings is 1. The van der Waals surface area contributed by atoms with Gasteiger partial charge in [-0.25, -0.2) is 0 Å². The van der Waals surface area contributed by atoms with E-state index in [-0.39, 0.29) is 0 Å². The molecule has 1 N–H and O–H groups in total. The van der Waals surface area contributed by atoms with E-state index in [1.807, 2.05) is 24.5 Å². The van der Waals surface area contributed by atoms with Crippen LogP contribution in [0.1, 0.15) is 29.5 Å². The first kappa shape index (κ1) is 26.1. The summed E-state index contributed by atoms with van der Waals surface area (Å²) in [6.45, 7) is 5.23. The van der Waals surface area contributed by atoms with Crippen molar-refractivity contribution in [1.82, 2.24) is 14.8 Å². The predicted octanol–water partition coefficient (Wildman–Crippen LogP) is 4.77. The molecule has 6 heteroatoms. The van der Waals surface area contributed by atoms with Gasteiger partial charge in [0.1, 0.15) is 11.5 Å². The molecule has 2 aromatic carbocycles. The summed E-state index contributed by atoms with van der Waals surface area (Å²) < 4.78 is 10.9. The van der Waals surface area contributed by atoms with E-state index >= 15 is 0 Å². The third-order valence-electron chi connectivity index (χ3n) is 7.30. The number of benzene rings is 2. The number of pyridine rings is 1.